The fraction of sp³-hybridized carbons (Fsp3) is 0.417. The van der Waals surface area contributed by atoms with Crippen LogP contribution in [0, 0.1) is 12.3 Å². The van der Waals surface area contributed by atoms with Gasteiger partial charge in [-0.25, -0.2) is 4.98 Å². The molecule has 0 radical (unpaired) electrons. The van der Waals surface area contributed by atoms with Gasteiger partial charge < -0.3 is 10.6 Å². The highest BCUT2D eigenvalue weighted by Gasteiger charge is 2.46. The van der Waals surface area contributed by atoms with Crippen molar-refractivity contribution >= 4 is 27.7 Å². The molecule has 96 valence electrons. The maximum atomic E-state index is 12.2. The number of rotatable bonds is 2. The molecule has 1 aromatic heterocycles. The molecule has 2 heterocycles. The lowest BCUT2D eigenvalue weighted by molar-refractivity contribution is -0.134. The number of primary amides is 1. The molecule has 2 rings (SSSR count). The van der Waals surface area contributed by atoms with Crippen molar-refractivity contribution in [3.05, 3.63) is 28.0 Å². The van der Waals surface area contributed by atoms with Gasteiger partial charge in [0.15, 0.2) is 0 Å². The maximum absolute atomic E-state index is 12.2. The monoisotopic (exact) mass is 311 g/mol. The van der Waals surface area contributed by atoms with Crippen molar-refractivity contribution < 1.29 is 9.59 Å². The minimum absolute atomic E-state index is 0.177. The van der Waals surface area contributed by atoms with Gasteiger partial charge in [-0.1, -0.05) is 0 Å². The van der Waals surface area contributed by atoms with E-state index in [4.69, 9.17) is 5.73 Å². The zero-order valence-electron chi connectivity index (χ0n) is 10.2. The predicted octanol–water partition coefficient (Wildman–Crippen LogP) is 1.10. The van der Waals surface area contributed by atoms with E-state index in [-0.39, 0.29) is 11.8 Å². The number of nitrogens with zero attached hydrogens (tertiary/aromatic N) is 2. The van der Waals surface area contributed by atoms with Crippen molar-refractivity contribution in [1.82, 2.24) is 9.88 Å². The Bertz CT molecular complexity index is 524. The van der Waals surface area contributed by atoms with Crippen LogP contribution in [-0.4, -0.2) is 34.8 Å². The number of hydrogen-bond acceptors (Lipinski definition) is 3. The van der Waals surface area contributed by atoms with Crippen LogP contribution in [0.15, 0.2) is 16.6 Å². The third-order valence-corrected chi connectivity index (χ3v) is 3.79. The number of aromatic nitrogens is 1. The van der Waals surface area contributed by atoms with Gasteiger partial charge in [-0.05, 0) is 41.9 Å². The summed E-state index contributed by atoms with van der Waals surface area (Å²) in [6.45, 7) is 4.29. The Kier molecular flexibility index (Phi) is 3.14. The van der Waals surface area contributed by atoms with Crippen LogP contribution in [0.25, 0.3) is 0 Å². The predicted molar refractivity (Wildman–Crippen MR) is 69.9 cm³/mol. The zero-order valence-corrected chi connectivity index (χ0v) is 11.8. The second-order valence-corrected chi connectivity index (χ2v) is 5.72. The quantitative estimate of drug-likeness (QED) is 0.888. The smallest absolute Gasteiger partial charge is 0.273 e. The number of amides is 2. The molecular weight excluding hydrogens is 298 g/mol. The lowest BCUT2D eigenvalue weighted by Crippen LogP contribution is -2.62. The third kappa shape index (κ3) is 2.12. The number of halogens is 1. The van der Waals surface area contributed by atoms with E-state index in [1.165, 1.54) is 0 Å². The SMILES string of the molecule is Cc1ccc(Br)c(C(=O)N2CC(C)(C(N)=O)C2)n1. The largest absolute Gasteiger partial charge is 0.369 e. The Labute approximate surface area is 113 Å². The van der Waals surface area contributed by atoms with Gasteiger partial charge in [0.25, 0.3) is 5.91 Å². The number of hydrogen-bond donors (Lipinski definition) is 1. The first kappa shape index (κ1) is 13.0. The standard InChI is InChI=1S/C12H14BrN3O2/c1-7-3-4-8(13)9(15-7)10(17)16-5-12(2,6-16)11(14)18/h3-4H,5-6H2,1-2H3,(H2,14,18). The van der Waals surface area contributed by atoms with Crippen LogP contribution in [0.3, 0.4) is 0 Å². The van der Waals surface area contributed by atoms with Gasteiger partial charge in [0.1, 0.15) is 5.69 Å². The van der Waals surface area contributed by atoms with Crippen LogP contribution < -0.4 is 5.73 Å². The maximum Gasteiger partial charge on any atom is 0.273 e. The van der Waals surface area contributed by atoms with E-state index in [2.05, 4.69) is 20.9 Å². The topological polar surface area (TPSA) is 76.3 Å². The zero-order chi connectivity index (χ0) is 13.5. The van der Waals surface area contributed by atoms with Gasteiger partial charge >= 0.3 is 0 Å². The molecule has 0 spiro atoms. The molecule has 2 N–H and O–H groups in total. The second-order valence-electron chi connectivity index (χ2n) is 4.87. The average Bonchev–Trinajstić information content (AvgIpc) is 2.27. The summed E-state index contributed by atoms with van der Waals surface area (Å²) in [7, 11) is 0. The van der Waals surface area contributed by atoms with Crippen molar-refractivity contribution in [2.24, 2.45) is 11.1 Å². The van der Waals surface area contributed by atoms with Gasteiger partial charge in [-0.15, -0.1) is 0 Å². The normalized spacial score (nSPS) is 17.2. The highest BCUT2D eigenvalue weighted by Crippen LogP contribution is 2.31. The Hall–Kier alpha value is -1.43. The van der Waals surface area contributed by atoms with Gasteiger partial charge in [0, 0.05) is 23.3 Å². The molecule has 0 saturated carbocycles. The molecule has 18 heavy (non-hydrogen) atoms. The first-order valence-electron chi connectivity index (χ1n) is 5.56. The number of likely N-dealkylation sites (tertiary alicyclic amines) is 1. The van der Waals surface area contributed by atoms with Crippen LogP contribution in [0.1, 0.15) is 23.1 Å². The van der Waals surface area contributed by atoms with Crippen LogP contribution in [0.4, 0.5) is 0 Å². The molecule has 0 bridgehead atoms. The van der Waals surface area contributed by atoms with Gasteiger partial charge in [0.2, 0.25) is 5.91 Å². The molecule has 1 saturated heterocycles. The lowest BCUT2D eigenvalue weighted by atomic mass is 9.81. The molecule has 1 aliphatic rings. The number of aryl methyl sites for hydroxylation is 1. The van der Waals surface area contributed by atoms with Crippen molar-refractivity contribution in [2.75, 3.05) is 13.1 Å². The highest BCUT2D eigenvalue weighted by molar-refractivity contribution is 9.10. The van der Waals surface area contributed by atoms with Crippen molar-refractivity contribution in [3.63, 3.8) is 0 Å². The Morgan fingerprint density at radius 2 is 2.06 bits per heavy atom. The number of pyridine rings is 1. The Morgan fingerprint density at radius 1 is 1.44 bits per heavy atom. The minimum atomic E-state index is -0.605. The molecule has 0 unspecified atom stereocenters. The van der Waals surface area contributed by atoms with Crippen LogP contribution >= 0.6 is 15.9 Å². The molecule has 6 heteroatoms. The number of nitrogens with two attached hydrogens (primary N) is 1. The summed E-state index contributed by atoms with van der Waals surface area (Å²) in [6.07, 6.45) is 0. The van der Waals surface area contributed by atoms with Crippen molar-refractivity contribution in [3.8, 4) is 0 Å². The van der Waals surface area contributed by atoms with Gasteiger partial charge in [-0.3, -0.25) is 9.59 Å². The Morgan fingerprint density at radius 3 is 2.61 bits per heavy atom. The van der Waals surface area contributed by atoms with E-state index in [9.17, 15) is 9.59 Å². The fourth-order valence-corrected chi connectivity index (χ4v) is 2.33. The summed E-state index contributed by atoms with van der Waals surface area (Å²) in [5.41, 5.74) is 5.83. The van der Waals surface area contributed by atoms with Crippen LogP contribution in [-0.2, 0) is 4.79 Å². The van der Waals surface area contributed by atoms with E-state index in [1.807, 2.05) is 13.0 Å². The molecule has 0 atom stereocenters. The molecule has 1 aromatic rings. The van der Waals surface area contributed by atoms with Crippen molar-refractivity contribution in [1.29, 1.82) is 0 Å². The van der Waals surface area contributed by atoms with E-state index < -0.39 is 5.41 Å². The second kappa shape index (κ2) is 4.35. The molecule has 1 aliphatic heterocycles. The average molecular weight is 312 g/mol. The van der Waals surface area contributed by atoms with E-state index in [0.29, 0.717) is 23.3 Å². The minimum Gasteiger partial charge on any atom is -0.369 e. The first-order chi connectivity index (χ1) is 8.33. The van der Waals surface area contributed by atoms with E-state index in [1.54, 1.807) is 17.9 Å². The summed E-state index contributed by atoms with van der Waals surface area (Å²) < 4.78 is 0.658. The number of carbonyl (C=O) groups is 2. The molecule has 1 fully saturated rings. The summed E-state index contributed by atoms with van der Waals surface area (Å²) in [4.78, 5) is 29.2. The highest BCUT2D eigenvalue weighted by atomic mass is 79.9. The van der Waals surface area contributed by atoms with Crippen LogP contribution in [0.2, 0.25) is 0 Å². The Balaban J connectivity index is 2.15. The summed E-state index contributed by atoms with van der Waals surface area (Å²) in [5, 5.41) is 0. The molecule has 5 nitrogen and oxygen atoms in total. The number of carbonyl (C=O) groups excluding carboxylic acids is 2. The molecule has 2 amide bonds. The van der Waals surface area contributed by atoms with E-state index >= 15 is 0 Å². The summed E-state index contributed by atoms with van der Waals surface area (Å²) >= 11 is 3.31. The molecule has 0 aromatic carbocycles. The van der Waals surface area contributed by atoms with Crippen LogP contribution in [0.5, 0.6) is 0 Å². The summed E-state index contributed by atoms with van der Waals surface area (Å²) in [5.74, 6) is -0.549. The first-order valence-corrected chi connectivity index (χ1v) is 6.35. The van der Waals surface area contributed by atoms with Crippen molar-refractivity contribution in [2.45, 2.75) is 13.8 Å². The lowest BCUT2D eigenvalue weighted by Gasteiger charge is -2.45. The van der Waals surface area contributed by atoms with Gasteiger partial charge in [-0.2, -0.15) is 0 Å². The van der Waals surface area contributed by atoms with Gasteiger partial charge in [0.05, 0.1) is 5.41 Å². The molecular formula is C12H14BrN3O2. The fourth-order valence-electron chi connectivity index (χ4n) is 1.94. The van der Waals surface area contributed by atoms with E-state index in [0.717, 1.165) is 5.69 Å². The third-order valence-electron chi connectivity index (χ3n) is 3.15. The summed E-state index contributed by atoms with van der Waals surface area (Å²) in [6, 6.07) is 3.62. The molecule has 0 aliphatic carbocycles.